The van der Waals surface area contributed by atoms with Crippen molar-refractivity contribution in [3.05, 3.63) is 53.6 Å². The average Bonchev–Trinajstić information content (AvgIpc) is 2.49. The summed E-state index contributed by atoms with van der Waals surface area (Å²) < 4.78 is 0. The molecule has 0 aromatic heterocycles. The monoisotopic (exact) mass is 300 g/mol. The molecule has 0 unspecified atom stereocenters. The summed E-state index contributed by atoms with van der Waals surface area (Å²) in [6.07, 6.45) is 0.905. The first-order valence-electron chi connectivity index (χ1n) is 6.97. The van der Waals surface area contributed by atoms with Gasteiger partial charge in [0.05, 0.1) is 5.75 Å². The molecular formula is C17H20N2OS. The Labute approximate surface area is 129 Å². The molecule has 0 fully saturated rings. The van der Waals surface area contributed by atoms with Crippen LogP contribution < -0.4 is 11.1 Å². The number of hydrogen-bond donors (Lipinski definition) is 2. The first kappa shape index (κ1) is 15.4. The van der Waals surface area contributed by atoms with Crippen molar-refractivity contribution in [2.75, 3.05) is 16.8 Å². The number of benzene rings is 2. The molecule has 1 amide bonds. The second-order valence-electron chi connectivity index (χ2n) is 4.87. The van der Waals surface area contributed by atoms with E-state index >= 15 is 0 Å². The summed E-state index contributed by atoms with van der Waals surface area (Å²) in [5.41, 5.74) is 9.59. The summed E-state index contributed by atoms with van der Waals surface area (Å²) in [6.45, 7) is 4.11. The van der Waals surface area contributed by atoms with E-state index in [4.69, 9.17) is 5.73 Å². The van der Waals surface area contributed by atoms with Crippen molar-refractivity contribution < 1.29 is 4.79 Å². The second-order valence-corrected chi connectivity index (χ2v) is 5.92. The highest BCUT2D eigenvalue weighted by Gasteiger charge is 2.09. The molecule has 0 spiro atoms. The van der Waals surface area contributed by atoms with Gasteiger partial charge < -0.3 is 11.1 Å². The van der Waals surface area contributed by atoms with Crippen LogP contribution in [0.1, 0.15) is 18.1 Å². The third-order valence-corrected chi connectivity index (χ3v) is 4.27. The number of amides is 1. The van der Waals surface area contributed by atoms with Crippen LogP contribution in [0.5, 0.6) is 0 Å². The molecule has 3 nitrogen and oxygen atoms in total. The van der Waals surface area contributed by atoms with E-state index in [9.17, 15) is 4.79 Å². The van der Waals surface area contributed by atoms with Gasteiger partial charge in [0.25, 0.3) is 0 Å². The summed E-state index contributed by atoms with van der Waals surface area (Å²) in [5.74, 6) is 0.405. The fourth-order valence-electron chi connectivity index (χ4n) is 2.09. The maximum absolute atomic E-state index is 12.1. The van der Waals surface area contributed by atoms with Crippen LogP contribution in [-0.4, -0.2) is 11.7 Å². The van der Waals surface area contributed by atoms with E-state index in [0.717, 1.165) is 28.3 Å². The lowest BCUT2D eigenvalue weighted by atomic mass is 10.1. The number of rotatable bonds is 5. The molecule has 0 radical (unpaired) electrons. The Hall–Kier alpha value is -1.94. The Kier molecular flexibility index (Phi) is 5.28. The molecule has 2 aromatic rings. The maximum Gasteiger partial charge on any atom is 0.234 e. The molecule has 2 aromatic carbocycles. The van der Waals surface area contributed by atoms with Crippen LogP contribution in [0.3, 0.4) is 0 Å². The Morgan fingerprint density at radius 3 is 2.57 bits per heavy atom. The minimum absolute atomic E-state index is 0.0147. The number of carbonyl (C=O) groups is 1. The third-order valence-electron chi connectivity index (χ3n) is 3.25. The van der Waals surface area contributed by atoms with Crippen LogP contribution in [-0.2, 0) is 11.2 Å². The number of anilines is 2. The first-order chi connectivity index (χ1) is 10.1. The van der Waals surface area contributed by atoms with Gasteiger partial charge in [-0.3, -0.25) is 4.79 Å². The van der Waals surface area contributed by atoms with Gasteiger partial charge in [0.15, 0.2) is 0 Å². The summed E-state index contributed by atoms with van der Waals surface area (Å²) in [7, 11) is 0. The molecule has 3 N–H and O–H groups in total. The number of carbonyl (C=O) groups excluding carboxylic acids is 1. The quantitative estimate of drug-likeness (QED) is 0.651. The number of nitrogen functional groups attached to an aromatic ring is 1. The largest absolute Gasteiger partial charge is 0.399 e. The van der Waals surface area contributed by atoms with Gasteiger partial charge in [0.1, 0.15) is 0 Å². The van der Waals surface area contributed by atoms with Crippen molar-refractivity contribution >= 4 is 29.0 Å². The van der Waals surface area contributed by atoms with E-state index in [0.29, 0.717) is 5.75 Å². The van der Waals surface area contributed by atoms with Crippen LogP contribution in [0.15, 0.2) is 47.4 Å². The Bertz CT molecular complexity index is 623. The minimum atomic E-state index is 0.0147. The third kappa shape index (κ3) is 4.26. The second kappa shape index (κ2) is 7.18. The highest BCUT2D eigenvalue weighted by atomic mass is 32.2. The lowest BCUT2D eigenvalue weighted by molar-refractivity contribution is -0.113. The predicted molar refractivity (Wildman–Crippen MR) is 90.8 cm³/mol. The topological polar surface area (TPSA) is 55.1 Å². The highest BCUT2D eigenvalue weighted by molar-refractivity contribution is 8.00. The van der Waals surface area contributed by atoms with E-state index in [2.05, 4.69) is 18.3 Å². The molecular weight excluding hydrogens is 280 g/mol. The number of nitrogens with two attached hydrogens (primary N) is 1. The SMILES string of the molecule is CCc1cccc(C)c1NC(=O)CSc1ccc(N)cc1. The van der Waals surface area contributed by atoms with E-state index < -0.39 is 0 Å². The van der Waals surface area contributed by atoms with Gasteiger partial charge in [-0.1, -0.05) is 25.1 Å². The first-order valence-corrected chi connectivity index (χ1v) is 7.95. The Balaban J connectivity index is 1.97. The molecule has 0 heterocycles. The number of hydrogen-bond acceptors (Lipinski definition) is 3. The van der Waals surface area contributed by atoms with E-state index in [1.54, 1.807) is 0 Å². The van der Waals surface area contributed by atoms with Crippen LogP contribution in [0.4, 0.5) is 11.4 Å². The fourth-order valence-corrected chi connectivity index (χ4v) is 2.79. The van der Waals surface area contributed by atoms with Crippen molar-refractivity contribution in [2.24, 2.45) is 0 Å². The maximum atomic E-state index is 12.1. The molecule has 0 saturated heterocycles. The normalized spacial score (nSPS) is 10.4. The molecule has 110 valence electrons. The molecule has 0 saturated carbocycles. The predicted octanol–water partition coefficient (Wildman–Crippen LogP) is 3.87. The van der Waals surface area contributed by atoms with Crippen LogP contribution in [0.25, 0.3) is 0 Å². The number of para-hydroxylation sites is 1. The molecule has 0 aliphatic heterocycles. The van der Waals surface area contributed by atoms with Gasteiger partial charge in [0.2, 0.25) is 5.91 Å². The van der Waals surface area contributed by atoms with Gasteiger partial charge in [0, 0.05) is 16.3 Å². The molecule has 0 aliphatic rings. The lowest BCUT2D eigenvalue weighted by Gasteiger charge is -2.12. The van der Waals surface area contributed by atoms with E-state index in [-0.39, 0.29) is 5.91 Å². The zero-order chi connectivity index (χ0) is 15.2. The smallest absolute Gasteiger partial charge is 0.234 e. The van der Waals surface area contributed by atoms with Gasteiger partial charge in [-0.2, -0.15) is 0 Å². The van der Waals surface area contributed by atoms with Crippen molar-refractivity contribution in [1.82, 2.24) is 0 Å². The molecule has 21 heavy (non-hydrogen) atoms. The van der Waals surface area contributed by atoms with Crippen molar-refractivity contribution in [3.8, 4) is 0 Å². The van der Waals surface area contributed by atoms with Crippen molar-refractivity contribution in [2.45, 2.75) is 25.2 Å². The number of thioether (sulfide) groups is 1. The van der Waals surface area contributed by atoms with Gasteiger partial charge in [-0.25, -0.2) is 0 Å². The summed E-state index contributed by atoms with van der Waals surface area (Å²) in [4.78, 5) is 13.2. The average molecular weight is 300 g/mol. The fraction of sp³-hybridized carbons (Fsp3) is 0.235. The molecule has 0 bridgehead atoms. The molecule has 0 atom stereocenters. The zero-order valence-corrected chi connectivity index (χ0v) is 13.2. The van der Waals surface area contributed by atoms with E-state index in [1.165, 1.54) is 17.3 Å². The molecule has 2 rings (SSSR count). The van der Waals surface area contributed by atoms with Gasteiger partial charge in [-0.15, -0.1) is 11.8 Å². The van der Waals surface area contributed by atoms with Crippen molar-refractivity contribution in [1.29, 1.82) is 0 Å². The lowest BCUT2D eigenvalue weighted by Crippen LogP contribution is -2.16. The van der Waals surface area contributed by atoms with Crippen molar-refractivity contribution in [3.63, 3.8) is 0 Å². The van der Waals surface area contributed by atoms with Crippen LogP contribution >= 0.6 is 11.8 Å². The standard InChI is InChI=1S/C17H20N2OS/c1-3-13-6-4-5-12(2)17(13)19-16(20)11-21-15-9-7-14(18)8-10-15/h4-10H,3,11,18H2,1-2H3,(H,19,20). The molecule has 0 aliphatic carbocycles. The zero-order valence-electron chi connectivity index (χ0n) is 12.3. The number of nitrogens with one attached hydrogen (secondary N) is 1. The Morgan fingerprint density at radius 1 is 1.19 bits per heavy atom. The summed E-state index contributed by atoms with van der Waals surface area (Å²) >= 11 is 1.51. The van der Waals surface area contributed by atoms with Crippen LogP contribution in [0, 0.1) is 6.92 Å². The van der Waals surface area contributed by atoms with Crippen LogP contribution in [0.2, 0.25) is 0 Å². The Morgan fingerprint density at radius 2 is 1.90 bits per heavy atom. The summed E-state index contributed by atoms with van der Waals surface area (Å²) in [6, 6.07) is 13.6. The summed E-state index contributed by atoms with van der Waals surface area (Å²) in [5, 5.41) is 3.03. The molecule has 4 heteroatoms. The van der Waals surface area contributed by atoms with Gasteiger partial charge >= 0.3 is 0 Å². The number of aryl methyl sites for hydroxylation is 2. The minimum Gasteiger partial charge on any atom is -0.399 e. The van der Waals surface area contributed by atoms with E-state index in [1.807, 2.05) is 43.3 Å². The van der Waals surface area contributed by atoms with Gasteiger partial charge in [-0.05, 0) is 48.7 Å². The highest BCUT2D eigenvalue weighted by Crippen LogP contribution is 2.23.